The third-order valence-corrected chi connectivity index (χ3v) is 2.82. The standard InChI is InChI=1S/C11H10N2O2S/c1-7-4-2-3-5-8(7)6-13-10(15)9(14)12-11(13)16/h2-5H,6H2,1H3,(H,12,14,16). The van der Waals surface area contributed by atoms with Crippen LogP contribution in [-0.2, 0) is 16.1 Å². The number of carbonyl (C=O) groups excluding carboxylic acids is 2. The predicted octanol–water partition coefficient (Wildman–Crippen LogP) is 0.738. The number of nitrogens with zero attached hydrogens (tertiary/aromatic N) is 1. The molecule has 2 rings (SSSR count). The van der Waals surface area contributed by atoms with E-state index in [1.807, 2.05) is 31.2 Å². The smallest absolute Gasteiger partial charge is 0.294 e. The first kappa shape index (κ1) is 10.8. The highest BCUT2D eigenvalue weighted by Crippen LogP contribution is 2.13. The van der Waals surface area contributed by atoms with Gasteiger partial charge in [0.1, 0.15) is 0 Å². The molecule has 1 saturated heterocycles. The van der Waals surface area contributed by atoms with Gasteiger partial charge in [0.2, 0.25) is 0 Å². The van der Waals surface area contributed by atoms with Crippen molar-refractivity contribution in [3.8, 4) is 0 Å². The Morgan fingerprint density at radius 3 is 2.56 bits per heavy atom. The second-order valence-corrected chi connectivity index (χ2v) is 3.96. The van der Waals surface area contributed by atoms with Gasteiger partial charge in [-0.3, -0.25) is 19.8 Å². The second-order valence-electron chi connectivity index (χ2n) is 3.58. The maximum atomic E-state index is 11.5. The van der Waals surface area contributed by atoms with Crippen molar-refractivity contribution < 1.29 is 9.59 Å². The second kappa shape index (κ2) is 4.02. The molecule has 5 heteroatoms. The maximum absolute atomic E-state index is 11.5. The summed E-state index contributed by atoms with van der Waals surface area (Å²) in [5.74, 6) is -1.24. The summed E-state index contributed by atoms with van der Waals surface area (Å²) in [6.45, 7) is 2.29. The summed E-state index contributed by atoms with van der Waals surface area (Å²) in [6.07, 6.45) is 0. The zero-order valence-electron chi connectivity index (χ0n) is 8.69. The summed E-state index contributed by atoms with van der Waals surface area (Å²) in [6, 6.07) is 7.68. The third kappa shape index (κ3) is 1.81. The fourth-order valence-electron chi connectivity index (χ4n) is 1.53. The summed E-state index contributed by atoms with van der Waals surface area (Å²) >= 11 is 4.91. The van der Waals surface area contributed by atoms with Crippen LogP contribution < -0.4 is 5.32 Å². The van der Waals surface area contributed by atoms with Crippen molar-refractivity contribution in [1.82, 2.24) is 10.2 Å². The van der Waals surface area contributed by atoms with E-state index in [1.165, 1.54) is 4.90 Å². The monoisotopic (exact) mass is 234 g/mol. The summed E-state index contributed by atoms with van der Waals surface area (Å²) in [4.78, 5) is 23.8. The van der Waals surface area contributed by atoms with Crippen molar-refractivity contribution in [2.75, 3.05) is 0 Å². The first-order valence-electron chi connectivity index (χ1n) is 4.81. The number of benzene rings is 1. The van der Waals surface area contributed by atoms with Gasteiger partial charge in [-0.25, -0.2) is 0 Å². The van der Waals surface area contributed by atoms with E-state index in [0.29, 0.717) is 6.54 Å². The number of amides is 2. The van der Waals surface area contributed by atoms with Gasteiger partial charge in [0, 0.05) is 0 Å². The zero-order chi connectivity index (χ0) is 11.7. The minimum atomic E-state index is -0.654. The molecule has 1 aliphatic rings. The Bertz CT molecular complexity index is 485. The summed E-state index contributed by atoms with van der Waals surface area (Å²) in [7, 11) is 0. The van der Waals surface area contributed by atoms with E-state index < -0.39 is 11.8 Å². The van der Waals surface area contributed by atoms with Crippen molar-refractivity contribution >= 4 is 29.1 Å². The molecule has 1 aliphatic heterocycles. The highest BCUT2D eigenvalue weighted by atomic mass is 32.1. The normalized spacial score (nSPS) is 15.6. The highest BCUT2D eigenvalue weighted by molar-refractivity contribution is 7.80. The van der Waals surface area contributed by atoms with Crippen LogP contribution in [0.5, 0.6) is 0 Å². The summed E-state index contributed by atoms with van der Waals surface area (Å²) in [5.41, 5.74) is 2.05. The lowest BCUT2D eigenvalue weighted by atomic mass is 10.1. The van der Waals surface area contributed by atoms with Gasteiger partial charge in [-0.05, 0) is 30.3 Å². The molecule has 16 heavy (non-hydrogen) atoms. The van der Waals surface area contributed by atoms with Crippen LogP contribution in [0.1, 0.15) is 11.1 Å². The van der Waals surface area contributed by atoms with Gasteiger partial charge >= 0.3 is 11.8 Å². The molecule has 1 aromatic carbocycles. The number of rotatable bonds is 2. The number of carbonyl (C=O) groups is 2. The topological polar surface area (TPSA) is 49.4 Å². The molecular formula is C11H10N2O2S. The van der Waals surface area contributed by atoms with Crippen LogP contribution in [0.3, 0.4) is 0 Å². The lowest BCUT2D eigenvalue weighted by Gasteiger charge is -2.14. The molecule has 1 N–H and O–H groups in total. The van der Waals surface area contributed by atoms with Gasteiger partial charge in [0.25, 0.3) is 0 Å². The summed E-state index contributed by atoms with van der Waals surface area (Å²) < 4.78 is 0. The Morgan fingerprint density at radius 2 is 2.00 bits per heavy atom. The zero-order valence-corrected chi connectivity index (χ0v) is 9.50. The van der Waals surface area contributed by atoms with Gasteiger partial charge in [-0.2, -0.15) is 0 Å². The largest absolute Gasteiger partial charge is 0.318 e. The Labute approximate surface area is 98.2 Å². The number of hydrogen-bond donors (Lipinski definition) is 1. The van der Waals surface area contributed by atoms with E-state index in [4.69, 9.17) is 12.2 Å². The fraction of sp³-hybridized carbons (Fsp3) is 0.182. The van der Waals surface area contributed by atoms with E-state index in [0.717, 1.165) is 11.1 Å². The Balaban J connectivity index is 2.23. The summed E-state index contributed by atoms with van der Waals surface area (Å²) in [5, 5.41) is 2.50. The van der Waals surface area contributed by atoms with E-state index in [-0.39, 0.29) is 5.11 Å². The van der Waals surface area contributed by atoms with Crippen molar-refractivity contribution in [3.05, 3.63) is 35.4 Å². The van der Waals surface area contributed by atoms with E-state index in [9.17, 15) is 9.59 Å². The number of nitrogens with one attached hydrogen (secondary N) is 1. The average Bonchev–Trinajstić information content (AvgIpc) is 2.48. The van der Waals surface area contributed by atoms with Crippen LogP contribution in [0, 0.1) is 6.92 Å². The van der Waals surface area contributed by atoms with Crippen molar-refractivity contribution in [2.24, 2.45) is 0 Å². The van der Waals surface area contributed by atoms with E-state index in [2.05, 4.69) is 5.32 Å². The lowest BCUT2D eigenvalue weighted by Crippen LogP contribution is -2.30. The number of thiocarbonyl (C=S) groups is 1. The quantitative estimate of drug-likeness (QED) is 0.606. The van der Waals surface area contributed by atoms with Gasteiger partial charge in [-0.15, -0.1) is 0 Å². The molecule has 0 spiro atoms. The number of aryl methyl sites for hydroxylation is 1. The van der Waals surface area contributed by atoms with Gasteiger partial charge in [0.05, 0.1) is 6.54 Å². The van der Waals surface area contributed by atoms with Crippen LogP contribution in [-0.4, -0.2) is 21.8 Å². The molecule has 0 radical (unpaired) electrons. The van der Waals surface area contributed by atoms with E-state index >= 15 is 0 Å². The molecule has 1 fully saturated rings. The van der Waals surface area contributed by atoms with Crippen LogP contribution in [0.15, 0.2) is 24.3 Å². The minimum absolute atomic E-state index is 0.179. The molecule has 0 aromatic heterocycles. The molecule has 0 saturated carbocycles. The van der Waals surface area contributed by atoms with Gasteiger partial charge in [-0.1, -0.05) is 24.3 Å². The molecule has 0 unspecified atom stereocenters. The molecule has 0 bridgehead atoms. The first-order valence-corrected chi connectivity index (χ1v) is 5.21. The minimum Gasteiger partial charge on any atom is -0.294 e. The van der Waals surface area contributed by atoms with Crippen LogP contribution >= 0.6 is 12.2 Å². The fourth-order valence-corrected chi connectivity index (χ4v) is 1.77. The SMILES string of the molecule is Cc1ccccc1CN1C(=O)C(=O)NC1=S. The third-order valence-electron chi connectivity index (χ3n) is 2.49. The molecule has 0 aliphatic carbocycles. The van der Waals surface area contributed by atoms with Crippen molar-refractivity contribution in [2.45, 2.75) is 13.5 Å². The molecule has 82 valence electrons. The molecule has 4 nitrogen and oxygen atoms in total. The Kier molecular flexibility index (Phi) is 2.70. The average molecular weight is 234 g/mol. The first-order chi connectivity index (χ1) is 7.59. The van der Waals surface area contributed by atoms with Gasteiger partial charge < -0.3 is 0 Å². The van der Waals surface area contributed by atoms with Crippen molar-refractivity contribution in [1.29, 1.82) is 0 Å². The molecule has 2 amide bonds. The molecular weight excluding hydrogens is 224 g/mol. The maximum Gasteiger partial charge on any atom is 0.318 e. The van der Waals surface area contributed by atoms with Crippen LogP contribution in [0.2, 0.25) is 0 Å². The Hall–Kier alpha value is -1.75. The van der Waals surface area contributed by atoms with Gasteiger partial charge in [0.15, 0.2) is 5.11 Å². The molecule has 1 aromatic rings. The molecule has 0 atom stereocenters. The van der Waals surface area contributed by atoms with Crippen LogP contribution in [0.25, 0.3) is 0 Å². The van der Waals surface area contributed by atoms with Crippen molar-refractivity contribution in [3.63, 3.8) is 0 Å². The Morgan fingerprint density at radius 1 is 1.31 bits per heavy atom. The lowest BCUT2D eigenvalue weighted by molar-refractivity contribution is -0.140. The molecule has 1 heterocycles. The predicted molar refractivity (Wildman–Crippen MR) is 62.5 cm³/mol. The van der Waals surface area contributed by atoms with E-state index in [1.54, 1.807) is 0 Å². The number of hydrogen-bond acceptors (Lipinski definition) is 3. The highest BCUT2D eigenvalue weighted by Gasteiger charge is 2.33. The van der Waals surface area contributed by atoms with Crippen LogP contribution in [0.4, 0.5) is 0 Å².